The van der Waals surface area contributed by atoms with Crippen molar-refractivity contribution in [2.75, 3.05) is 13.2 Å². The molecule has 0 spiro atoms. The lowest BCUT2D eigenvalue weighted by molar-refractivity contribution is -0.0241. The van der Waals surface area contributed by atoms with Crippen LogP contribution in [0.5, 0.6) is 0 Å². The second kappa shape index (κ2) is 7.03. The van der Waals surface area contributed by atoms with E-state index < -0.39 is 37.0 Å². The summed E-state index contributed by atoms with van der Waals surface area (Å²) in [5.74, 6) is -0.801. The topological polar surface area (TPSA) is 122 Å². The summed E-state index contributed by atoms with van der Waals surface area (Å²) in [6.45, 7) is 1.23. The first-order chi connectivity index (χ1) is 10.4. The first kappa shape index (κ1) is 17.3. The van der Waals surface area contributed by atoms with Crippen LogP contribution in [0.25, 0.3) is 0 Å². The molecule has 122 valence electrons. The fraction of sp³-hybridized carbons (Fsp3) is 0.583. The number of halogens is 2. The number of esters is 1. The quantitative estimate of drug-likeness (QED) is 0.652. The van der Waals surface area contributed by atoms with Gasteiger partial charge in [-0.05, 0) is 6.92 Å². The monoisotopic (exact) mass is 352 g/mol. The zero-order valence-electron chi connectivity index (χ0n) is 11.4. The smallest absolute Gasteiger partial charge is 0.360 e. The number of hydrogen-bond acceptors (Lipinski definition) is 8. The number of carbonyl (C=O) groups excluding carboxylic acids is 1. The van der Waals surface area contributed by atoms with E-state index >= 15 is 0 Å². The van der Waals surface area contributed by atoms with Crippen LogP contribution in [0.15, 0.2) is 0 Å². The van der Waals surface area contributed by atoms with E-state index in [4.69, 9.17) is 37.8 Å². The number of aliphatic hydroxyl groups excluding tert-OH is 3. The summed E-state index contributed by atoms with van der Waals surface area (Å²) < 4.78 is 10.1. The van der Waals surface area contributed by atoms with Crippen LogP contribution in [0.4, 0.5) is 0 Å². The van der Waals surface area contributed by atoms with Gasteiger partial charge in [0.1, 0.15) is 30.1 Å². The molecule has 1 aromatic rings. The highest BCUT2D eigenvalue weighted by atomic mass is 35.5. The summed E-state index contributed by atoms with van der Waals surface area (Å²) >= 11 is 11.7. The third-order valence-electron chi connectivity index (χ3n) is 3.12. The van der Waals surface area contributed by atoms with Crippen molar-refractivity contribution in [3.63, 3.8) is 0 Å². The summed E-state index contributed by atoms with van der Waals surface area (Å²) in [4.78, 5) is 19.5. The van der Waals surface area contributed by atoms with Crippen LogP contribution in [0.1, 0.15) is 29.2 Å². The normalized spacial score (nSPS) is 27.9. The van der Waals surface area contributed by atoms with Crippen molar-refractivity contribution >= 4 is 29.2 Å². The SMILES string of the molecule is CCOC(=O)c1nc([C@@H]2O[C@H](CO)[C@@H](O)[C@H]2O)c(Cl)nc1Cl. The Kier molecular flexibility index (Phi) is 5.54. The van der Waals surface area contributed by atoms with Gasteiger partial charge in [0.05, 0.1) is 13.2 Å². The fourth-order valence-corrected chi connectivity index (χ4v) is 2.53. The number of aromatic nitrogens is 2. The summed E-state index contributed by atoms with van der Waals surface area (Å²) in [6.07, 6.45) is -4.87. The maximum Gasteiger partial charge on any atom is 0.360 e. The average Bonchev–Trinajstić information content (AvgIpc) is 2.75. The van der Waals surface area contributed by atoms with Crippen LogP contribution in [0.3, 0.4) is 0 Å². The van der Waals surface area contributed by atoms with Crippen LogP contribution in [-0.2, 0) is 9.47 Å². The van der Waals surface area contributed by atoms with Gasteiger partial charge in [0.2, 0.25) is 0 Å². The molecule has 1 fully saturated rings. The zero-order chi connectivity index (χ0) is 16.4. The number of ether oxygens (including phenoxy) is 2. The molecule has 0 aromatic carbocycles. The molecule has 0 aliphatic carbocycles. The molecule has 4 atom stereocenters. The molecule has 0 radical (unpaired) electrons. The molecule has 0 amide bonds. The average molecular weight is 353 g/mol. The van der Waals surface area contributed by atoms with E-state index in [-0.39, 0.29) is 28.3 Å². The lowest BCUT2D eigenvalue weighted by Gasteiger charge is -2.16. The fourth-order valence-electron chi connectivity index (χ4n) is 2.04. The maximum atomic E-state index is 11.8. The Labute approximate surface area is 135 Å². The Morgan fingerprint density at radius 3 is 2.50 bits per heavy atom. The number of aliphatic hydroxyl groups is 3. The number of nitrogens with zero attached hydrogens (tertiary/aromatic N) is 2. The first-order valence-electron chi connectivity index (χ1n) is 6.43. The number of carbonyl (C=O) groups is 1. The largest absolute Gasteiger partial charge is 0.461 e. The second-order valence-electron chi connectivity index (χ2n) is 4.52. The minimum atomic E-state index is -1.39. The second-order valence-corrected chi connectivity index (χ2v) is 5.23. The Morgan fingerprint density at radius 1 is 1.27 bits per heavy atom. The standard InChI is InChI=1S/C12H14Cl2N2O6/c1-2-21-12(20)6-11(14)16-10(13)5(15-6)9-8(19)7(18)4(3-17)22-9/h4,7-9,17-19H,2-3H2,1H3/t4-,7-,8-,9+/m1/s1. The molecular weight excluding hydrogens is 339 g/mol. The number of hydrogen-bond donors (Lipinski definition) is 3. The predicted octanol–water partition coefficient (Wildman–Crippen LogP) is 0.114. The molecule has 1 aliphatic rings. The maximum absolute atomic E-state index is 11.8. The van der Waals surface area contributed by atoms with Crippen molar-refractivity contribution in [2.45, 2.75) is 31.3 Å². The number of rotatable bonds is 4. The molecule has 22 heavy (non-hydrogen) atoms. The lowest BCUT2D eigenvalue weighted by Crippen LogP contribution is -2.32. The highest BCUT2D eigenvalue weighted by molar-refractivity contribution is 6.34. The molecule has 2 heterocycles. The first-order valence-corrected chi connectivity index (χ1v) is 7.18. The molecule has 8 nitrogen and oxygen atoms in total. The Morgan fingerprint density at radius 2 is 1.95 bits per heavy atom. The lowest BCUT2D eigenvalue weighted by atomic mass is 10.1. The predicted molar refractivity (Wildman–Crippen MR) is 74.7 cm³/mol. The summed E-state index contributed by atoms with van der Waals surface area (Å²) in [7, 11) is 0. The van der Waals surface area contributed by atoms with Gasteiger partial charge in [0, 0.05) is 0 Å². The molecular formula is C12H14Cl2N2O6. The molecule has 0 unspecified atom stereocenters. The van der Waals surface area contributed by atoms with E-state index in [1.807, 2.05) is 0 Å². The summed E-state index contributed by atoms with van der Waals surface area (Å²) in [6, 6.07) is 0. The molecule has 3 N–H and O–H groups in total. The van der Waals surface area contributed by atoms with Crippen molar-refractivity contribution in [3.8, 4) is 0 Å². The minimum Gasteiger partial charge on any atom is -0.461 e. The molecule has 1 saturated heterocycles. The molecule has 2 rings (SSSR count). The molecule has 1 aliphatic heterocycles. The van der Waals surface area contributed by atoms with Gasteiger partial charge in [-0.3, -0.25) is 0 Å². The van der Waals surface area contributed by atoms with Crippen LogP contribution in [-0.4, -0.2) is 62.8 Å². The third kappa shape index (κ3) is 3.17. The van der Waals surface area contributed by atoms with Crippen molar-refractivity contribution in [1.82, 2.24) is 9.97 Å². The van der Waals surface area contributed by atoms with E-state index in [2.05, 4.69) is 9.97 Å². The van der Waals surface area contributed by atoms with Crippen molar-refractivity contribution in [3.05, 3.63) is 21.7 Å². The highest BCUT2D eigenvalue weighted by Crippen LogP contribution is 2.36. The van der Waals surface area contributed by atoms with Crippen molar-refractivity contribution in [2.24, 2.45) is 0 Å². The Balaban J connectivity index is 2.39. The van der Waals surface area contributed by atoms with E-state index in [1.54, 1.807) is 6.92 Å². The third-order valence-corrected chi connectivity index (χ3v) is 3.66. The molecule has 10 heteroatoms. The van der Waals surface area contributed by atoms with Gasteiger partial charge in [0.15, 0.2) is 16.0 Å². The molecule has 0 bridgehead atoms. The van der Waals surface area contributed by atoms with Crippen molar-refractivity contribution < 1.29 is 29.6 Å². The van der Waals surface area contributed by atoms with Crippen molar-refractivity contribution in [1.29, 1.82) is 0 Å². The summed E-state index contributed by atoms with van der Waals surface area (Å²) in [5, 5.41) is 28.4. The summed E-state index contributed by atoms with van der Waals surface area (Å²) in [5.41, 5.74) is -0.350. The van der Waals surface area contributed by atoms with Gasteiger partial charge >= 0.3 is 5.97 Å². The van der Waals surface area contributed by atoms with Crippen LogP contribution in [0, 0.1) is 0 Å². The minimum absolute atomic E-state index is 0.0726. The van der Waals surface area contributed by atoms with E-state index in [9.17, 15) is 15.0 Å². The van der Waals surface area contributed by atoms with E-state index in [0.717, 1.165) is 0 Å². The van der Waals surface area contributed by atoms with Crippen LogP contribution in [0.2, 0.25) is 10.3 Å². The van der Waals surface area contributed by atoms with Gasteiger partial charge in [-0.2, -0.15) is 0 Å². The Bertz CT molecular complexity index is 573. The van der Waals surface area contributed by atoms with Gasteiger partial charge < -0.3 is 24.8 Å². The van der Waals surface area contributed by atoms with Gasteiger partial charge in [0.25, 0.3) is 0 Å². The van der Waals surface area contributed by atoms with Gasteiger partial charge in [-0.15, -0.1) is 0 Å². The van der Waals surface area contributed by atoms with Crippen LogP contribution < -0.4 is 0 Å². The van der Waals surface area contributed by atoms with Gasteiger partial charge in [-0.1, -0.05) is 23.2 Å². The zero-order valence-corrected chi connectivity index (χ0v) is 13.0. The van der Waals surface area contributed by atoms with Crippen LogP contribution >= 0.6 is 23.2 Å². The van der Waals surface area contributed by atoms with Gasteiger partial charge in [-0.25, -0.2) is 14.8 Å². The van der Waals surface area contributed by atoms with E-state index in [1.165, 1.54) is 0 Å². The Hall–Kier alpha value is -1.03. The van der Waals surface area contributed by atoms with E-state index in [0.29, 0.717) is 0 Å². The molecule has 1 aromatic heterocycles. The molecule has 0 saturated carbocycles. The highest BCUT2D eigenvalue weighted by Gasteiger charge is 2.45.